The molecule has 0 saturated heterocycles. The van der Waals surface area contributed by atoms with Gasteiger partial charge in [-0.3, -0.25) is 9.20 Å². The van der Waals surface area contributed by atoms with Crippen LogP contribution in [0.5, 0.6) is 0 Å². The van der Waals surface area contributed by atoms with Gasteiger partial charge in [0, 0.05) is 16.1 Å². The van der Waals surface area contributed by atoms with Crippen molar-refractivity contribution in [2.75, 3.05) is 5.32 Å². The molecule has 0 aliphatic carbocycles. The molecule has 0 aliphatic heterocycles. The van der Waals surface area contributed by atoms with E-state index in [1.807, 2.05) is 0 Å². The summed E-state index contributed by atoms with van der Waals surface area (Å²) in [6, 6.07) is 9.83. The summed E-state index contributed by atoms with van der Waals surface area (Å²) in [7, 11) is 0. The second kappa shape index (κ2) is 6.78. The van der Waals surface area contributed by atoms with Crippen molar-refractivity contribution >= 4 is 52.3 Å². The second-order valence-electron chi connectivity index (χ2n) is 4.85. The van der Waals surface area contributed by atoms with Crippen molar-refractivity contribution in [3.63, 3.8) is 0 Å². The highest BCUT2D eigenvalue weighted by Gasteiger charge is 2.39. The number of fused-ring (bicyclic) bond motifs is 1. The third kappa shape index (κ3) is 4.02. The van der Waals surface area contributed by atoms with Crippen LogP contribution < -0.4 is 5.32 Å². The van der Waals surface area contributed by atoms with Crippen LogP contribution in [0.15, 0.2) is 52.5 Å². The predicted octanol–water partition coefficient (Wildman–Crippen LogP) is 5.29. The highest BCUT2D eigenvalue weighted by atomic mass is 35.5. The van der Waals surface area contributed by atoms with Gasteiger partial charge in [0.1, 0.15) is 10.7 Å². The van der Waals surface area contributed by atoms with Gasteiger partial charge in [-0.05, 0) is 30.3 Å². The minimum atomic E-state index is -5.02. The summed E-state index contributed by atoms with van der Waals surface area (Å²) >= 11 is 13.0. The number of anilines is 1. The first-order valence-electron chi connectivity index (χ1n) is 6.73. The van der Waals surface area contributed by atoms with Crippen LogP contribution >= 0.6 is 35.0 Å². The maximum Gasteiger partial charge on any atom is 0.471 e. The fraction of sp³-hybridized carbons (Fsp3) is 0.0667. The number of carbonyl (C=O) groups is 1. The quantitative estimate of drug-likeness (QED) is 0.643. The van der Waals surface area contributed by atoms with E-state index in [4.69, 9.17) is 23.2 Å². The molecule has 130 valence electrons. The number of pyridine rings is 1. The van der Waals surface area contributed by atoms with Crippen molar-refractivity contribution in [1.29, 1.82) is 0 Å². The molecule has 0 atom stereocenters. The smallest absolute Gasteiger partial charge is 0.300 e. The van der Waals surface area contributed by atoms with Crippen molar-refractivity contribution < 1.29 is 18.0 Å². The molecule has 2 aromatic heterocycles. The number of hydrogen-bond acceptors (Lipinski definition) is 3. The lowest BCUT2D eigenvalue weighted by molar-refractivity contribution is -0.167. The molecule has 1 amide bonds. The monoisotopic (exact) mass is 405 g/mol. The van der Waals surface area contributed by atoms with Gasteiger partial charge in [0.25, 0.3) is 0 Å². The van der Waals surface area contributed by atoms with Crippen LogP contribution in [0.4, 0.5) is 19.0 Å². The van der Waals surface area contributed by atoms with Gasteiger partial charge in [0.05, 0.1) is 5.02 Å². The highest BCUT2D eigenvalue weighted by Crippen LogP contribution is 2.36. The topological polar surface area (TPSA) is 46.4 Å². The molecular weight excluding hydrogens is 398 g/mol. The number of halogens is 5. The molecule has 0 fully saturated rings. The van der Waals surface area contributed by atoms with Crippen LogP contribution in [-0.2, 0) is 4.79 Å². The Hall–Kier alpha value is -1.90. The van der Waals surface area contributed by atoms with Crippen LogP contribution in [0.3, 0.4) is 0 Å². The molecule has 0 radical (unpaired) electrons. The summed E-state index contributed by atoms with van der Waals surface area (Å²) < 4.78 is 39.2. The second-order valence-corrected chi connectivity index (χ2v) is 6.79. The SMILES string of the molecule is O=C(Nc1nc2ccc(Cl)cn2c1Sc1cccc(Cl)c1)C(F)(F)F. The molecule has 3 aromatic rings. The van der Waals surface area contributed by atoms with Gasteiger partial charge in [0.15, 0.2) is 5.82 Å². The van der Waals surface area contributed by atoms with Crippen molar-refractivity contribution in [2.45, 2.75) is 16.1 Å². The van der Waals surface area contributed by atoms with E-state index in [0.717, 1.165) is 11.8 Å². The summed E-state index contributed by atoms with van der Waals surface area (Å²) in [5.41, 5.74) is 0.339. The first-order valence-corrected chi connectivity index (χ1v) is 8.30. The Morgan fingerprint density at radius 3 is 2.60 bits per heavy atom. The molecule has 0 saturated carbocycles. The molecule has 1 aromatic carbocycles. The Labute approximate surface area is 153 Å². The molecule has 0 unspecified atom stereocenters. The Morgan fingerprint density at radius 1 is 1.16 bits per heavy atom. The number of imidazole rings is 1. The molecule has 0 aliphatic rings. The Bertz CT molecular complexity index is 959. The van der Waals surface area contributed by atoms with E-state index < -0.39 is 12.1 Å². The van der Waals surface area contributed by atoms with Crippen molar-refractivity contribution in [2.24, 2.45) is 0 Å². The first-order chi connectivity index (χ1) is 11.7. The number of carbonyl (C=O) groups excluding carboxylic acids is 1. The minimum Gasteiger partial charge on any atom is -0.300 e. The van der Waals surface area contributed by atoms with E-state index in [1.165, 1.54) is 16.7 Å². The average Bonchev–Trinajstić information content (AvgIpc) is 2.84. The van der Waals surface area contributed by atoms with Gasteiger partial charge in [-0.25, -0.2) is 4.98 Å². The molecule has 25 heavy (non-hydrogen) atoms. The van der Waals surface area contributed by atoms with E-state index in [0.29, 0.717) is 20.6 Å². The zero-order valence-electron chi connectivity index (χ0n) is 12.1. The van der Waals surface area contributed by atoms with Crippen LogP contribution in [0.2, 0.25) is 10.0 Å². The van der Waals surface area contributed by atoms with Gasteiger partial charge in [-0.1, -0.05) is 41.0 Å². The van der Waals surface area contributed by atoms with Crippen LogP contribution in [0.25, 0.3) is 5.65 Å². The molecule has 0 bridgehead atoms. The largest absolute Gasteiger partial charge is 0.471 e. The number of aromatic nitrogens is 2. The molecule has 4 nitrogen and oxygen atoms in total. The number of nitrogens with zero attached hydrogens (tertiary/aromatic N) is 2. The van der Waals surface area contributed by atoms with Gasteiger partial charge < -0.3 is 5.32 Å². The van der Waals surface area contributed by atoms with Crippen molar-refractivity contribution in [3.8, 4) is 0 Å². The maximum absolute atomic E-state index is 12.6. The number of benzene rings is 1. The van der Waals surface area contributed by atoms with Crippen LogP contribution in [-0.4, -0.2) is 21.5 Å². The summed E-state index contributed by atoms with van der Waals surface area (Å²) in [6.45, 7) is 0. The summed E-state index contributed by atoms with van der Waals surface area (Å²) in [6.07, 6.45) is -3.52. The summed E-state index contributed by atoms with van der Waals surface area (Å²) in [5.74, 6) is -2.32. The molecule has 0 spiro atoms. The highest BCUT2D eigenvalue weighted by molar-refractivity contribution is 7.99. The number of nitrogens with one attached hydrogen (secondary N) is 1. The normalized spacial score (nSPS) is 11.7. The van der Waals surface area contributed by atoms with Crippen molar-refractivity contribution in [1.82, 2.24) is 9.38 Å². The standard InChI is InChI=1S/C15H8Cl2F3N3OS/c16-8-2-1-3-10(6-8)25-13-12(22-14(24)15(18,19)20)21-11-5-4-9(17)7-23(11)13/h1-7H,(H,22,24). The number of rotatable bonds is 3. The number of hydrogen-bond donors (Lipinski definition) is 1. The Balaban J connectivity index is 2.08. The lowest BCUT2D eigenvalue weighted by Gasteiger charge is -2.08. The Kier molecular flexibility index (Phi) is 4.86. The van der Waals surface area contributed by atoms with E-state index >= 15 is 0 Å². The molecule has 1 N–H and O–H groups in total. The fourth-order valence-electron chi connectivity index (χ4n) is 2.00. The molecule has 2 heterocycles. The fourth-order valence-corrected chi connectivity index (χ4v) is 3.41. The zero-order chi connectivity index (χ0) is 18.2. The number of alkyl halides is 3. The van der Waals surface area contributed by atoms with Crippen LogP contribution in [0.1, 0.15) is 0 Å². The third-order valence-corrected chi connectivity index (χ3v) is 4.57. The van der Waals surface area contributed by atoms with Gasteiger partial charge in [0.2, 0.25) is 0 Å². The van der Waals surface area contributed by atoms with Crippen LogP contribution in [0, 0.1) is 0 Å². The average molecular weight is 406 g/mol. The lowest BCUT2D eigenvalue weighted by atomic mass is 10.4. The third-order valence-electron chi connectivity index (χ3n) is 3.04. The maximum atomic E-state index is 12.6. The molecular formula is C15H8Cl2F3N3OS. The zero-order valence-corrected chi connectivity index (χ0v) is 14.5. The van der Waals surface area contributed by atoms with E-state index in [-0.39, 0.29) is 10.8 Å². The van der Waals surface area contributed by atoms with Gasteiger partial charge in [-0.2, -0.15) is 13.2 Å². The molecule has 10 heteroatoms. The minimum absolute atomic E-state index is 0.213. The first kappa shape index (κ1) is 17.9. The predicted molar refractivity (Wildman–Crippen MR) is 90.5 cm³/mol. The summed E-state index contributed by atoms with van der Waals surface area (Å²) in [4.78, 5) is 16.0. The lowest BCUT2D eigenvalue weighted by Crippen LogP contribution is -2.30. The Morgan fingerprint density at radius 2 is 1.92 bits per heavy atom. The van der Waals surface area contributed by atoms with E-state index in [1.54, 1.807) is 35.6 Å². The van der Waals surface area contributed by atoms with E-state index in [2.05, 4.69) is 4.98 Å². The van der Waals surface area contributed by atoms with Crippen molar-refractivity contribution in [3.05, 3.63) is 52.6 Å². The van der Waals surface area contributed by atoms with E-state index in [9.17, 15) is 18.0 Å². The van der Waals surface area contributed by atoms with Gasteiger partial charge in [-0.15, -0.1) is 0 Å². The molecule has 3 rings (SSSR count). The number of amides is 1. The summed E-state index contributed by atoms with van der Waals surface area (Å²) in [5, 5.41) is 2.91. The van der Waals surface area contributed by atoms with Gasteiger partial charge >= 0.3 is 12.1 Å².